The lowest BCUT2D eigenvalue weighted by atomic mass is 10.2. The highest BCUT2D eigenvalue weighted by Crippen LogP contribution is 2.13. The van der Waals surface area contributed by atoms with Crippen molar-refractivity contribution in [3.8, 4) is 0 Å². The molecule has 1 amide bonds. The lowest BCUT2D eigenvalue weighted by Gasteiger charge is -2.13. The molecule has 0 saturated carbocycles. The molecule has 4 heteroatoms. The lowest BCUT2D eigenvalue weighted by Crippen LogP contribution is -2.32. The van der Waals surface area contributed by atoms with Gasteiger partial charge in [0.05, 0.1) is 18.8 Å². The SMILES string of the molecule is Cc1ccccc1NCC(=O)NC(C)c1ccco1. The Balaban J connectivity index is 1.84. The van der Waals surface area contributed by atoms with Crippen LogP contribution < -0.4 is 10.6 Å². The van der Waals surface area contributed by atoms with Crippen LogP contribution in [0.25, 0.3) is 0 Å². The molecule has 2 rings (SSSR count). The molecule has 4 nitrogen and oxygen atoms in total. The summed E-state index contributed by atoms with van der Waals surface area (Å²) >= 11 is 0. The van der Waals surface area contributed by atoms with Gasteiger partial charge in [0.2, 0.25) is 5.91 Å². The highest BCUT2D eigenvalue weighted by molar-refractivity contribution is 5.81. The molecule has 1 aromatic carbocycles. The predicted molar refractivity (Wildman–Crippen MR) is 74.9 cm³/mol. The predicted octanol–water partition coefficient (Wildman–Crippen LogP) is 2.88. The fourth-order valence-electron chi connectivity index (χ4n) is 1.85. The Bertz CT molecular complexity index is 535. The normalized spacial score (nSPS) is 11.9. The smallest absolute Gasteiger partial charge is 0.239 e. The minimum absolute atomic E-state index is 0.0628. The number of nitrogens with one attached hydrogen (secondary N) is 2. The van der Waals surface area contributed by atoms with Crippen molar-refractivity contribution in [1.29, 1.82) is 0 Å². The van der Waals surface area contributed by atoms with Crippen molar-refractivity contribution in [2.75, 3.05) is 11.9 Å². The first-order chi connectivity index (χ1) is 9.16. The second-order valence-electron chi connectivity index (χ2n) is 4.47. The Kier molecular flexibility index (Phi) is 4.23. The van der Waals surface area contributed by atoms with E-state index in [1.807, 2.05) is 50.2 Å². The highest BCUT2D eigenvalue weighted by Gasteiger charge is 2.11. The summed E-state index contributed by atoms with van der Waals surface area (Å²) in [5, 5.41) is 6.00. The van der Waals surface area contributed by atoms with E-state index in [1.54, 1.807) is 6.26 Å². The van der Waals surface area contributed by atoms with E-state index >= 15 is 0 Å². The van der Waals surface area contributed by atoms with E-state index in [-0.39, 0.29) is 18.5 Å². The van der Waals surface area contributed by atoms with E-state index in [0.29, 0.717) is 0 Å². The number of benzene rings is 1. The zero-order valence-electron chi connectivity index (χ0n) is 11.1. The number of aryl methyl sites for hydroxylation is 1. The van der Waals surface area contributed by atoms with Crippen LogP contribution >= 0.6 is 0 Å². The third-order valence-corrected chi connectivity index (χ3v) is 2.93. The van der Waals surface area contributed by atoms with E-state index in [4.69, 9.17) is 4.42 Å². The standard InChI is InChI=1S/C15H18N2O2/c1-11-6-3-4-7-13(11)16-10-15(18)17-12(2)14-8-5-9-19-14/h3-9,12,16H,10H2,1-2H3,(H,17,18). The molecular formula is C15H18N2O2. The molecule has 1 atom stereocenters. The van der Waals surface area contributed by atoms with Crippen molar-refractivity contribution >= 4 is 11.6 Å². The van der Waals surface area contributed by atoms with E-state index in [9.17, 15) is 4.79 Å². The molecule has 1 heterocycles. The second kappa shape index (κ2) is 6.09. The van der Waals surface area contributed by atoms with Gasteiger partial charge in [-0.15, -0.1) is 0 Å². The number of rotatable bonds is 5. The summed E-state index contributed by atoms with van der Waals surface area (Å²) in [5.41, 5.74) is 2.10. The molecule has 0 fully saturated rings. The number of para-hydroxylation sites is 1. The number of hydrogen-bond acceptors (Lipinski definition) is 3. The van der Waals surface area contributed by atoms with Gasteiger partial charge in [0.15, 0.2) is 0 Å². The van der Waals surface area contributed by atoms with Crippen LogP contribution in [0.15, 0.2) is 47.1 Å². The Hall–Kier alpha value is -2.23. The van der Waals surface area contributed by atoms with Crippen LogP contribution in [0.4, 0.5) is 5.69 Å². The van der Waals surface area contributed by atoms with Crippen LogP contribution in [0.2, 0.25) is 0 Å². The minimum atomic E-state index is -0.124. The van der Waals surface area contributed by atoms with Crippen molar-refractivity contribution < 1.29 is 9.21 Å². The van der Waals surface area contributed by atoms with Gasteiger partial charge >= 0.3 is 0 Å². The monoisotopic (exact) mass is 258 g/mol. The molecule has 0 aliphatic rings. The lowest BCUT2D eigenvalue weighted by molar-refractivity contribution is -0.120. The first kappa shape index (κ1) is 13.2. The largest absolute Gasteiger partial charge is 0.467 e. The average molecular weight is 258 g/mol. The van der Waals surface area contributed by atoms with Gasteiger partial charge in [0, 0.05) is 5.69 Å². The Morgan fingerprint density at radius 1 is 1.26 bits per heavy atom. The number of furan rings is 1. The average Bonchev–Trinajstić information content (AvgIpc) is 2.91. The summed E-state index contributed by atoms with van der Waals surface area (Å²) in [5.74, 6) is 0.691. The first-order valence-electron chi connectivity index (χ1n) is 6.29. The van der Waals surface area contributed by atoms with Crippen molar-refractivity contribution in [1.82, 2.24) is 5.32 Å². The van der Waals surface area contributed by atoms with Gasteiger partial charge in [-0.2, -0.15) is 0 Å². The number of carbonyl (C=O) groups is 1. The van der Waals surface area contributed by atoms with Gasteiger partial charge in [-0.05, 0) is 37.6 Å². The third-order valence-electron chi connectivity index (χ3n) is 2.93. The molecule has 0 aliphatic carbocycles. The Morgan fingerprint density at radius 3 is 2.74 bits per heavy atom. The highest BCUT2D eigenvalue weighted by atomic mass is 16.3. The van der Waals surface area contributed by atoms with Crippen LogP contribution in [0.5, 0.6) is 0 Å². The summed E-state index contributed by atoms with van der Waals surface area (Å²) in [4.78, 5) is 11.8. The van der Waals surface area contributed by atoms with E-state index in [2.05, 4.69) is 10.6 Å². The van der Waals surface area contributed by atoms with Gasteiger partial charge in [-0.25, -0.2) is 0 Å². The number of anilines is 1. The molecule has 1 unspecified atom stereocenters. The summed E-state index contributed by atoms with van der Waals surface area (Å²) in [6.07, 6.45) is 1.60. The maximum absolute atomic E-state index is 11.8. The molecular weight excluding hydrogens is 240 g/mol. The van der Waals surface area contributed by atoms with Gasteiger partial charge in [-0.1, -0.05) is 18.2 Å². The molecule has 2 N–H and O–H groups in total. The fourth-order valence-corrected chi connectivity index (χ4v) is 1.85. The molecule has 0 aliphatic heterocycles. The molecule has 2 aromatic rings. The van der Waals surface area contributed by atoms with Crippen molar-refractivity contribution in [3.05, 3.63) is 54.0 Å². The van der Waals surface area contributed by atoms with Crippen molar-refractivity contribution in [2.24, 2.45) is 0 Å². The molecule has 100 valence electrons. The zero-order chi connectivity index (χ0) is 13.7. The summed E-state index contributed by atoms with van der Waals surface area (Å²) in [6, 6.07) is 11.4. The van der Waals surface area contributed by atoms with Crippen molar-refractivity contribution in [2.45, 2.75) is 19.9 Å². The summed E-state index contributed by atoms with van der Waals surface area (Å²) < 4.78 is 5.24. The van der Waals surface area contributed by atoms with Gasteiger partial charge in [0.1, 0.15) is 5.76 Å². The molecule has 1 aromatic heterocycles. The van der Waals surface area contributed by atoms with E-state index in [1.165, 1.54) is 0 Å². The molecule has 0 saturated heterocycles. The zero-order valence-corrected chi connectivity index (χ0v) is 11.1. The third kappa shape index (κ3) is 3.61. The number of amides is 1. The number of carbonyl (C=O) groups excluding carboxylic acids is 1. The fraction of sp³-hybridized carbons (Fsp3) is 0.267. The summed E-state index contributed by atoms with van der Waals surface area (Å²) in [6.45, 7) is 4.14. The minimum Gasteiger partial charge on any atom is -0.467 e. The Labute approximate surface area is 112 Å². The molecule has 19 heavy (non-hydrogen) atoms. The van der Waals surface area contributed by atoms with E-state index in [0.717, 1.165) is 17.0 Å². The van der Waals surface area contributed by atoms with Gasteiger partial charge in [-0.3, -0.25) is 4.79 Å². The maximum atomic E-state index is 11.8. The Morgan fingerprint density at radius 2 is 2.05 bits per heavy atom. The molecule has 0 bridgehead atoms. The molecule has 0 spiro atoms. The first-order valence-corrected chi connectivity index (χ1v) is 6.29. The van der Waals surface area contributed by atoms with Crippen LogP contribution in [0, 0.1) is 6.92 Å². The van der Waals surface area contributed by atoms with Gasteiger partial charge in [0.25, 0.3) is 0 Å². The van der Waals surface area contributed by atoms with Crippen LogP contribution in [-0.2, 0) is 4.79 Å². The number of hydrogen-bond donors (Lipinski definition) is 2. The topological polar surface area (TPSA) is 54.3 Å². The second-order valence-corrected chi connectivity index (χ2v) is 4.47. The van der Waals surface area contributed by atoms with E-state index < -0.39 is 0 Å². The maximum Gasteiger partial charge on any atom is 0.239 e. The quantitative estimate of drug-likeness (QED) is 0.867. The van der Waals surface area contributed by atoms with Gasteiger partial charge < -0.3 is 15.1 Å². The summed E-state index contributed by atoms with van der Waals surface area (Å²) in [7, 11) is 0. The molecule has 0 radical (unpaired) electrons. The van der Waals surface area contributed by atoms with Crippen LogP contribution in [0.1, 0.15) is 24.3 Å². The van der Waals surface area contributed by atoms with Crippen LogP contribution in [0.3, 0.4) is 0 Å². The van der Waals surface area contributed by atoms with Crippen molar-refractivity contribution in [3.63, 3.8) is 0 Å². The van der Waals surface area contributed by atoms with Crippen LogP contribution in [-0.4, -0.2) is 12.5 Å².